The van der Waals surface area contributed by atoms with Crippen molar-refractivity contribution in [1.82, 2.24) is 10.2 Å². The van der Waals surface area contributed by atoms with Gasteiger partial charge in [-0.3, -0.25) is 9.69 Å². The summed E-state index contributed by atoms with van der Waals surface area (Å²) >= 11 is 1.75. The Morgan fingerprint density at radius 1 is 1.27 bits per heavy atom. The molecule has 0 saturated carbocycles. The highest BCUT2D eigenvalue weighted by Gasteiger charge is 2.33. The predicted octanol–water partition coefficient (Wildman–Crippen LogP) is 4.10. The zero-order chi connectivity index (χ0) is 18.3. The van der Waals surface area contributed by atoms with Crippen LogP contribution in [0.25, 0.3) is 6.08 Å². The standard InChI is InChI=1S/C21H25N3OS/c1-13(2)24-10-9-16-17(12-24)26-21-18(16)20(25)22-19(23-21)14(3)11-15-7-5-4-6-8-15/h4-8,11,13,19,23H,9-10,12H2,1-3H3,(H,22,25)/b14-11-/t19-/m0/s1. The van der Waals surface area contributed by atoms with Crippen LogP contribution in [0.15, 0.2) is 35.9 Å². The van der Waals surface area contributed by atoms with Crippen molar-refractivity contribution in [2.24, 2.45) is 0 Å². The molecule has 0 saturated heterocycles. The fraction of sp³-hybridized carbons (Fsp3) is 0.381. The topological polar surface area (TPSA) is 44.4 Å². The van der Waals surface area contributed by atoms with Gasteiger partial charge in [0.1, 0.15) is 11.2 Å². The van der Waals surface area contributed by atoms with Crippen LogP contribution in [-0.4, -0.2) is 29.6 Å². The Morgan fingerprint density at radius 2 is 2.04 bits per heavy atom. The lowest BCUT2D eigenvalue weighted by molar-refractivity contribution is 0.0940. The van der Waals surface area contributed by atoms with Crippen molar-refractivity contribution in [1.29, 1.82) is 0 Å². The zero-order valence-corrected chi connectivity index (χ0v) is 16.3. The molecule has 2 aromatic rings. The number of fused-ring (bicyclic) bond motifs is 3. The molecular formula is C21H25N3OS. The largest absolute Gasteiger partial charge is 0.353 e. The molecule has 4 rings (SSSR count). The Morgan fingerprint density at radius 3 is 2.77 bits per heavy atom. The van der Waals surface area contributed by atoms with Crippen LogP contribution in [0.5, 0.6) is 0 Å². The maximum atomic E-state index is 12.8. The van der Waals surface area contributed by atoms with Gasteiger partial charge in [0, 0.05) is 24.0 Å². The second-order valence-corrected chi connectivity index (χ2v) is 8.48. The summed E-state index contributed by atoms with van der Waals surface area (Å²) in [6, 6.07) is 10.7. The van der Waals surface area contributed by atoms with Crippen LogP contribution in [-0.2, 0) is 13.0 Å². The molecule has 0 unspecified atom stereocenters. The molecule has 1 aromatic heterocycles. The van der Waals surface area contributed by atoms with Crippen LogP contribution in [0.3, 0.4) is 0 Å². The van der Waals surface area contributed by atoms with Crippen LogP contribution in [0, 0.1) is 0 Å². The lowest BCUT2D eigenvalue weighted by Crippen LogP contribution is -2.45. The maximum Gasteiger partial charge on any atom is 0.256 e. The van der Waals surface area contributed by atoms with Crippen LogP contribution < -0.4 is 10.6 Å². The van der Waals surface area contributed by atoms with Crippen LogP contribution in [0.1, 0.15) is 47.1 Å². The summed E-state index contributed by atoms with van der Waals surface area (Å²) in [7, 11) is 0. The summed E-state index contributed by atoms with van der Waals surface area (Å²) in [5.74, 6) is 0.0556. The van der Waals surface area contributed by atoms with Gasteiger partial charge in [-0.05, 0) is 43.9 Å². The lowest BCUT2D eigenvalue weighted by Gasteiger charge is -2.31. The second-order valence-electron chi connectivity index (χ2n) is 7.37. The van der Waals surface area contributed by atoms with Gasteiger partial charge in [0.2, 0.25) is 0 Å². The predicted molar refractivity (Wildman–Crippen MR) is 109 cm³/mol. The number of rotatable bonds is 3. The molecule has 1 atom stereocenters. The van der Waals surface area contributed by atoms with E-state index in [1.807, 2.05) is 18.2 Å². The fourth-order valence-corrected chi connectivity index (χ4v) is 5.00. The molecule has 136 valence electrons. The first-order chi connectivity index (χ1) is 12.5. The molecule has 0 bridgehead atoms. The van der Waals surface area contributed by atoms with E-state index in [-0.39, 0.29) is 12.1 Å². The number of thiophene rings is 1. The highest BCUT2D eigenvalue weighted by Crippen LogP contribution is 2.39. The van der Waals surface area contributed by atoms with E-state index in [2.05, 4.69) is 54.5 Å². The van der Waals surface area contributed by atoms with Crippen LogP contribution >= 0.6 is 11.3 Å². The van der Waals surface area contributed by atoms with Gasteiger partial charge in [-0.25, -0.2) is 0 Å². The van der Waals surface area contributed by atoms with Crippen LogP contribution in [0.4, 0.5) is 5.00 Å². The Hall–Kier alpha value is -2.11. The highest BCUT2D eigenvalue weighted by molar-refractivity contribution is 7.16. The minimum absolute atomic E-state index is 0.0556. The Labute approximate surface area is 158 Å². The Balaban J connectivity index is 1.60. The fourth-order valence-electron chi connectivity index (χ4n) is 3.70. The molecule has 1 aromatic carbocycles. The van der Waals surface area contributed by atoms with Gasteiger partial charge in [0.05, 0.1) is 5.56 Å². The van der Waals surface area contributed by atoms with Gasteiger partial charge in [0.15, 0.2) is 0 Å². The second kappa shape index (κ2) is 6.89. The average molecular weight is 368 g/mol. The number of benzene rings is 1. The highest BCUT2D eigenvalue weighted by atomic mass is 32.1. The van der Waals surface area contributed by atoms with E-state index < -0.39 is 0 Å². The van der Waals surface area contributed by atoms with Gasteiger partial charge in [0.25, 0.3) is 5.91 Å². The number of hydrogen-bond acceptors (Lipinski definition) is 4. The zero-order valence-electron chi connectivity index (χ0n) is 15.5. The number of anilines is 1. The van der Waals surface area contributed by atoms with E-state index in [0.29, 0.717) is 6.04 Å². The van der Waals surface area contributed by atoms with Crippen molar-refractivity contribution in [3.05, 3.63) is 57.5 Å². The van der Waals surface area contributed by atoms with Crippen molar-refractivity contribution in [2.75, 3.05) is 11.9 Å². The van der Waals surface area contributed by atoms with Crippen molar-refractivity contribution >= 4 is 28.3 Å². The molecule has 0 spiro atoms. The Bertz CT molecular complexity index is 854. The maximum absolute atomic E-state index is 12.8. The third kappa shape index (κ3) is 3.17. The third-order valence-electron chi connectivity index (χ3n) is 5.24. The summed E-state index contributed by atoms with van der Waals surface area (Å²) in [4.78, 5) is 16.6. The SMILES string of the molecule is C/C(=C/c1ccccc1)[C@H]1NC(=O)c2c(sc3c2CCN(C(C)C)C3)N1. The quantitative estimate of drug-likeness (QED) is 0.858. The summed E-state index contributed by atoms with van der Waals surface area (Å²) in [6.45, 7) is 8.50. The van der Waals surface area contributed by atoms with Crippen LogP contribution in [0.2, 0.25) is 0 Å². The van der Waals surface area contributed by atoms with Gasteiger partial charge in [-0.2, -0.15) is 0 Å². The summed E-state index contributed by atoms with van der Waals surface area (Å²) < 4.78 is 0. The molecule has 0 radical (unpaired) electrons. The van der Waals surface area contributed by atoms with Gasteiger partial charge < -0.3 is 10.6 Å². The molecule has 5 heteroatoms. The molecule has 2 aliphatic rings. The first kappa shape index (κ1) is 17.3. The lowest BCUT2D eigenvalue weighted by atomic mass is 9.99. The van der Waals surface area contributed by atoms with Crippen molar-refractivity contribution in [3.63, 3.8) is 0 Å². The molecule has 0 aliphatic carbocycles. The Kier molecular flexibility index (Phi) is 4.59. The third-order valence-corrected chi connectivity index (χ3v) is 6.39. The van der Waals surface area contributed by atoms with Crippen molar-refractivity contribution < 1.29 is 4.79 Å². The number of carbonyl (C=O) groups excluding carboxylic acids is 1. The first-order valence-electron chi connectivity index (χ1n) is 9.22. The first-order valence-corrected chi connectivity index (χ1v) is 10.0. The van der Waals surface area contributed by atoms with Gasteiger partial charge in [-0.1, -0.05) is 36.4 Å². The van der Waals surface area contributed by atoms with Gasteiger partial charge in [-0.15, -0.1) is 11.3 Å². The van der Waals surface area contributed by atoms with Gasteiger partial charge >= 0.3 is 0 Å². The van der Waals surface area contributed by atoms with Crippen molar-refractivity contribution in [2.45, 2.75) is 45.9 Å². The molecule has 4 nitrogen and oxygen atoms in total. The average Bonchev–Trinajstić information content (AvgIpc) is 3.00. The molecule has 26 heavy (non-hydrogen) atoms. The van der Waals surface area contributed by atoms with E-state index in [9.17, 15) is 4.79 Å². The number of nitrogens with zero attached hydrogens (tertiary/aromatic N) is 1. The minimum Gasteiger partial charge on any atom is -0.353 e. The summed E-state index contributed by atoms with van der Waals surface area (Å²) in [6.07, 6.45) is 2.92. The smallest absolute Gasteiger partial charge is 0.256 e. The molecule has 1 amide bonds. The van der Waals surface area contributed by atoms with Crippen molar-refractivity contribution in [3.8, 4) is 0 Å². The van der Waals surface area contributed by atoms with E-state index in [4.69, 9.17) is 0 Å². The number of amides is 1. The molecule has 3 heterocycles. The van der Waals surface area contributed by atoms with E-state index in [1.165, 1.54) is 10.4 Å². The van der Waals surface area contributed by atoms with E-state index >= 15 is 0 Å². The molecule has 2 N–H and O–H groups in total. The summed E-state index contributed by atoms with van der Waals surface area (Å²) in [5.41, 5.74) is 4.36. The number of hydrogen-bond donors (Lipinski definition) is 2. The number of nitrogens with one attached hydrogen (secondary N) is 2. The monoisotopic (exact) mass is 367 g/mol. The normalized spacial score (nSPS) is 20.4. The van der Waals surface area contributed by atoms with E-state index in [1.54, 1.807) is 11.3 Å². The summed E-state index contributed by atoms with van der Waals surface area (Å²) in [5, 5.41) is 7.71. The van der Waals surface area contributed by atoms with E-state index in [0.717, 1.165) is 41.2 Å². The minimum atomic E-state index is -0.156. The molecule has 0 fully saturated rings. The number of carbonyl (C=O) groups is 1. The molecular weight excluding hydrogens is 342 g/mol. The molecule has 2 aliphatic heterocycles.